The largest absolute Gasteiger partial charge is 0.494 e. The van der Waals surface area contributed by atoms with Crippen LogP contribution in [0.25, 0.3) is 33.6 Å². The molecule has 6 heterocycles. The highest BCUT2D eigenvalue weighted by Crippen LogP contribution is 2.41. The summed E-state index contributed by atoms with van der Waals surface area (Å²) in [5.41, 5.74) is 10.8. The summed E-state index contributed by atoms with van der Waals surface area (Å²) in [6.45, 7) is 4.18. The molecule has 12 nitrogen and oxygen atoms in total. The van der Waals surface area contributed by atoms with E-state index in [1.807, 2.05) is 35.4 Å². The molecule has 2 N–H and O–H groups in total. The topological polar surface area (TPSA) is 129 Å². The number of aromatic nitrogens is 6. The van der Waals surface area contributed by atoms with Crippen molar-refractivity contribution in [2.75, 3.05) is 38.8 Å². The van der Waals surface area contributed by atoms with Gasteiger partial charge in [0.15, 0.2) is 5.82 Å². The zero-order valence-electron chi connectivity index (χ0n) is 28.2. The van der Waals surface area contributed by atoms with Crippen LogP contribution in [-0.4, -0.2) is 85.8 Å². The fourth-order valence-corrected chi connectivity index (χ4v) is 8.56. The van der Waals surface area contributed by atoms with Crippen LogP contribution in [-0.2, 0) is 13.1 Å². The van der Waals surface area contributed by atoms with Crippen LogP contribution >= 0.6 is 0 Å². The monoisotopic (exact) mass is 661 g/mol. The zero-order valence-corrected chi connectivity index (χ0v) is 28.2. The molecular weight excluding hydrogens is 618 g/mol. The van der Waals surface area contributed by atoms with E-state index >= 15 is 0 Å². The number of likely N-dealkylation sites (tertiary alicyclic amines) is 1. The molecule has 1 aromatic carbocycles. The maximum Gasteiger partial charge on any atom is 0.318 e. The SMILES string of the molecule is COc1nccc(N2CCC(Cn3c(-c4cc5cccnc5n4CC4CC4)nc4cc(C(=O)N5CC6CCC5[C@@H]6N)cc(OC)c43)CC2)n1. The molecule has 9 rings (SSSR count). The highest BCUT2D eigenvalue weighted by Gasteiger charge is 2.47. The van der Waals surface area contributed by atoms with Crippen molar-refractivity contribution in [2.24, 2.45) is 23.5 Å². The molecule has 2 bridgehead atoms. The van der Waals surface area contributed by atoms with E-state index in [-0.39, 0.29) is 18.0 Å². The molecule has 2 saturated heterocycles. The number of ether oxygens (including phenoxy) is 2. The Kier molecular flexibility index (Phi) is 7.44. The lowest BCUT2D eigenvalue weighted by molar-refractivity contribution is 0.0700. The van der Waals surface area contributed by atoms with E-state index in [9.17, 15) is 4.79 Å². The molecule has 3 atom stereocenters. The molecule has 2 saturated carbocycles. The summed E-state index contributed by atoms with van der Waals surface area (Å²) in [7, 11) is 3.29. The molecule has 4 aliphatic rings. The van der Waals surface area contributed by atoms with Crippen molar-refractivity contribution in [1.82, 2.24) is 34.0 Å². The first-order valence-corrected chi connectivity index (χ1v) is 17.7. The van der Waals surface area contributed by atoms with Gasteiger partial charge >= 0.3 is 6.01 Å². The molecule has 2 unspecified atom stereocenters. The maximum absolute atomic E-state index is 14.0. The molecule has 254 valence electrons. The van der Waals surface area contributed by atoms with Crippen molar-refractivity contribution in [2.45, 2.75) is 63.7 Å². The highest BCUT2D eigenvalue weighted by atomic mass is 16.5. The lowest BCUT2D eigenvalue weighted by atomic mass is 9.96. The number of methoxy groups -OCH3 is 2. The molecule has 0 radical (unpaired) electrons. The van der Waals surface area contributed by atoms with E-state index in [1.165, 1.54) is 12.8 Å². The van der Waals surface area contributed by atoms with Gasteiger partial charge in [-0.2, -0.15) is 4.98 Å². The number of piperidine rings is 2. The second kappa shape index (κ2) is 12.0. The summed E-state index contributed by atoms with van der Waals surface area (Å²) < 4.78 is 16.1. The van der Waals surface area contributed by atoms with Crippen molar-refractivity contribution in [1.29, 1.82) is 0 Å². The smallest absolute Gasteiger partial charge is 0.318 e. The Hall–Kier alpha value is -4.71. The Morgan fingerprint density at radius 3 is 2.45 bits per heavy atom. The van der Waals surface area contributed by atoms with Crippen LogP contribution in [0.4, 0.5) is 5.82 Å². The van der Waals surface area contributed by atoms with Gasteiger partial charge in [-0.1, -0.05) is 0 Å². The van der Waals surface area contributed by atoms with Gasteiger partial charge in [-0.25, -0.2) is 15.0 Å². The van der Waals surface area contributed by atoms with Gasteiger partial charge in [0, 0.05) is 68.2 Å². The minimum Gasteiger partial charge on any atom is -0.494 e. The van der Waals surface area contributed by atoms with Gasteiger partial charge in [0.1, 0.15) is 22.7 Å². The number of imidazole rings is 1. The number of fused-ring (bicyclic) bond motifs is 4. The average molecular weight is 662 g/mol. The number of carbonyl (C=O) groups is 1. The second-order valence-electron chi connectivity index (χ2n) is 14.4. The van der Waals surface area contributed by atoms with Gasteiger partial charge in [-0.15, -0.1) is 0 Å². The number of pyridine rings is 1. The van der Waals surface area contributed by atoms with Crippen LogP contribution in [0.15, 0.2) is 48.8 Å². The van der Waals surface area contributed by atoms with Crippen molar-refractivity contribution < 1.29 is 14.3 Å². The lowest BCUT2D eigenvalue weighted by Gasteiger charge is -2.33. The van der Waals surface area contributed by atoms with Crippen LogP contribution in [0.2, 0.25) is 0 Å². The third-order valence-corrected chi connectivity index (χ3v) is 11.4. The summed E-state index contributed by atoms with van der Waals surface area (Å²) in [5.74, 6) is 3.91. The Labute approximate surface area is 285 Å². The number of rotatable bonds is 9. The molecule has 1 amide bonds. The molecule has 2 aliphatic carbocycles. The summed E-state index contributed by atoms with van der Waals surface area (Å²) in [6, 6.07) is 12.7. The molecule has 0 spiro atoms. The van der Waals surface area contributed by atoms with Crippen molar-refractivity contribution in [3.05, 3.63) is 54.4 Å². The first kappa shape index (κ1) is 30.4. The molecule has 49 heavy (non-hydrogen) atoms. The normalized spacial score (nSPS) is 22.5. The summed E-state index contributed by atoms with van der Waals surface area (Å²) in [6.07, 6.45) is 10.2. The van der Waals surface area contributed by atoms with Gasteiger partial charge < -0.3 is 34.1 Å². The summed E-state index contributed by atoms with van der Waals surface area (Å²) in [5, 5.41) is 1.11. The van der Waals surface area contributed by atoms with E-state index in [0.29, 0.717) is 35.1 Å². The van der Waals surface area contributed by atoms with Crippen LogP contribution in [0, 0.1) is 17.8 Å². The standard InChI is InChI=1S/C37H43N9O3/c1-48-30-18-26(36(47)45-21-25-7-8-28(45)32(25)38)16-27-33(30)46(20-23-10-14-43(15-11-23)31-9-13-40-37(42-31)49-2)35(41-27)29-17-24-4-3-12-39-34(24)44(29)19-22-5-6-22/h3-4,9,12-13,16-18,22-23,25,28,32H,5-8,10-11,14-15,19-21,38H2,1-2H3/t25?,28?,32-/m1/s1. The van der Waals surface area contributed by atoms with Gasteiger partial charge in [0.25, 0.3) is 5.91 Å². The maximum atomic E-state index is 14.0. The van der Waals surface area contributed by atoms with Gasteiger partial charge in [-0.3, -0.25) is 4.79 Å². The van der Waals surface area contributed by atoms with Crippen molar-refractivity contribution in [3.8, 4) is 23.3 Å². The quantitative estimate of drug-likeness (QED) is 0.238. The zero-order chi connectivity index (χ0) is 33.2. The minimum absolute atomic E-state index is 0.0136. The number of amides is 1. The van der Waals surface area contributed by atoms with Crippen LogP contribution in [0.1, 0.15) is 48.9 Å². The molecule has 5 aromatic rings. The Balaban J connectivity index is 1.11. The first-order chi connectivity index (χ1) is 24.0. The number of nitrogens with zero attached hydrogens (tertiary/aromatic N) is 8. The van der Waals surface area contributed by atoms with Crippen molar-refractivity contribution >= 4 is 33.8 Å². The predicted octanol–water partition coefficient (Wildman–Crippen LogP) is 4.75. The Bertz CT molecular complexity index is 2040. The van der Waals surface area contributed by atoms with Crippen LogP contribution in [0.5, 0.6) is 11.8 Å². The van der Waals surface area contributed by atoms with E-state index in [2.05, 4.69) is 36.1 Å². The molecule has 12 heteroatoms. The predicted molar refractivity (Wildman–Crippen MR) is 187 cm³/mol. The number of nitrogens with two attached hydrogens (primary N) is 1. The summed E-state index contributed by atoms with van der Waals surface area (Å²) >= 11 is 0. The number of carbonyl (C=O) groups excluding carboxylic acids is 1. The summed E-state index contributed by atoms with van der Waals surface area (Å²) in [4.78, 5) is 37.2. The average Bonchev–Trinajstić information content (AvgIpc) is 3.51. The Morgan fingerprint density at radius 2 is 1.71 bits per heavy atom. The highest BCUT2D eigenvalue weighted by molar-refractivity contribution is 6.00. The van der Waals surface area contributed by atoms with Crippen LogP contribution < -0.4 is 20.1 Å². The Morgan fingerprint density at radius 1 is 0.898 bits per heavy atom. The number of hydrogen-bond donors (Lipinski definition) is 1. The first-order valence-electron chi connectivity index (χ1n) is 17.7. The van der Waals surface area contributed by atoms with E-state index in [1.54, 1.807) is 20.4 Å². The fourth-order valence-electron chi connectivity index (χ4n) is 8.56. The lowest BCUT2D eigenvalue weighted by Crippen LogP contribution is -2.41. The van der Waals surface area contributed by atoms with Crippen molar-refractivity contribution in [3.63, 3.8) is 0 Å². The number of anilines is 1. The molecular formula is C37H43N9O3. The van der Waals surface area contributed by atoms with Crippen LogP contribution in [0.3, 0.4) is 0 Å². The van der Waals surface area contributed by atoms with E-state index in [4.69, 9.17) is 25.2 Å². The molecule has 4 aromatic heterocycles. The minimum atomic E-state index is 0.0136. The number of hydrogen-bond acceptors (Lipinski definition) is 9. The third-order valence-electron chi connectivity index (χ3n) is 11.4. The van der Waals surface area contributed by atoms with Gasteiger partial charge in [-0.05, 0) is 92.7 Å². The van der Waals surface area contributed by atoms with Gasteiger partial charge in [0.05, 0.1) is 25.4 Å². The third kappa shape index (κ3) is 5.27. The van der Waals surface area contributed by atoms with E-state index in [0.717, 1.165) is 97.8 Å². The molecule has 2 aliphatic heterocycles. The molecule has 4 fully saturated rings. The fraction of sp³-hybridized carbons (Fsp3) is 0.486. The van der Waals surface area contributed by atoms with E-state index < -0.39 is 0 Å². The number of benzene rings is 1. The second-order valence-corrected chi connectivity index (χ2v) is 14.4. The van der Waals surface area contributed by atoms with Gasteiger partial charge in [0.2, 0.25) is 0 Å².